The zero-order chi connectivity index (χ0) is 48.1. The van der Waals surface area contributed by atoms with E-state index in [9.17, 15) is 0 Å². The first-order valence-corrected chi connectivity index (χ1v) is 24.4. The first-order chi connectivity index (χ1) is 35.7. The minimum Gasteiger partial charge on any atom is -0.246 e. The van der Waals surface area contributed by atoms with Crippen molar-refractivity contribution in [1.82, 2.24) is 15.0 Å². The normalized spacial score (nSPS) is 11.1. The maximum Gasteiger partial charge on any atom is 0.160 e. The van der Waals surface area contributed by atoms with Crippen LogP contribution in [0.5, 0.6) is 0 Å². The summed E-state index contributed by atoms with van der Waals surface area (Å²) < 4.78 is 0. The monoisotopic (exact) mass is 917 g/mol. The van der Waals surface area contributed by atoms with Gasteiger partial charge in [-0.15, -0.1) is 0 Å². The number of benzene rings is 10. The molecule has 0 unspecified atom stereocenters. The fourth-order valence-electron chi connectivity index (χ4n) is 9.78. The van der Waals surface area contributed by atoms with Gasteiger partial charge in [0.15, 0.2) is 5.82 Å². The summed E-state index contributed by atoms with van der Waals surface area (Å²) in [6.07, 6.45) is 0. The minimum absolute atomic E-state index is 0.668. The third-order valence-corrected chi connectivity index (χ3v) is 13.3. The Bertz CT molecular complexity index is 3630. The van der Waals surface area contributed by atoms with Crippen molar-refractivity contribution >= 4 is 0 Å². The van der Waals surface area contributed by atoms with Gasteiger partial charge in [-0.3, -0.25) is 0 Å². The second kappa shape index (κ2) is 19.8. The van der Waals surface area contributed by atoms with Crippen molar-refractivity contribution in [2.75, 3.05) is 0 Å². The Labute approximate surface area is 421 Å². The highest BCUT2D eigenvalue weighted by molar-refractivity contribution is 6.05. The van der Waals surface area contributed by atoms with Crippen LogP contribution in [0.2, 0.25) is 0 Å². The maximum atomic E-state index is 5.63. The summed E-state index contributed by atoms with van der Waals surface area (Å²) in [5, 5.41) is 0. The smallest absolute Gasteiger partial charge is 0.160 e. The molecule has 12 rings (SSSR count). The molecule has 0 fully saturated rings. The van der Waals surface area contributed by atoms with Crippen molar-refractivity contribution in [2.24, 2.45) is 0 Å². The number of nitrogens with zero attached hydrogens (tertiary/aromatic N) is 3. The van der Waals surface area contributed by atoms with Crippen molar-refractivity contribution < 1.29 is 0 Å². The number of hydrogen-bond acceptors (Lipinski definition) is 3. The molecule has 3 nitrogen and oxygen atoms in total. The summed E-state index contributed by atoms with van der Waals surface area (Å²) in [6.45, 7) is 0. The molecule has 10 aromatic carbocycles. The van der Waals surface area contributed by atoms with Gasteiger partial charge >= 0.3 is 0 Å². The van der Waals surface area contributed by atoms with Gasteiger partial charge in [0.25, 0.3) is 0 Å². The Morgan fingerprint density at radius 3 is 0.931 bits per heavy atom. The number of aromatic nitrogens is 3. The molecule has 0 N–H and O–H groups in total. The number of pyridine rings is 1. The third kappa shape index (κ3) is 8.95. The van der Waals surface area contributed by atoms with Gasteiger partial charge in [0.2, 0.25) is 0 Å². The van der Waals surface area contributed by atoms with Crippen LogP contribution in [0.1, 0.15) is 0 Å². The fraction of sp³-hybridized carbons (Fsp3) is 0. The highest BCUT2D eigenvalue weighted by Gasteiger charge is 2.25. The molecule has 0 aliphatic rings. The summed E-state index contributed by atoms with van der Waals surface area (Å²) in [5.74, 6) is 0.668. The molecule has 72 heavy (non-hydrogen) atoms. The van der Waals surface area contributed by atoms with Crippen molar-refractivity contribution in [2.45, 2.75) is 0 Å². The Morgan fingerprint density at radius 1 is 0.167 bits per heavy atom. The molecular formula is C69H47N3. The Morgan fingerprint density at radius 2 is 0.472 bits per heavy atom. The summed E-state index contributed by atoms with van der Waals surface area (Å²) in [7, 11) is 0. The van der Waals surface area contributed by atoms with E-state index < -0.39 is 0 Å². The SMILES string of the molecule is c1ccc(-c2cc(-c3ccccc3)cc(-c3nc(-c4ccccc4)cc(-c4cccc(-c5ccc(-c6c(-c7ccccc7)c(-c7ccccc7)nc(-c7ccccc7)c6-c6ccccc6)cc5)c4)n3)c2)cc1. The van der Waals surface area contributed by atoms with Gasteiger partial charge < -0.3 is 0 Å². The van der Waals surface area contributed by atoms with Crippen molar-refractivity contribution in [3.63, 3.8) is 0 Å². The first-order valence-electron chi connectivity index (χ1n) is 24.4. The van der Waals surface area contributed by atoms with Crippen molar-refractivity contribution in [3.05, 3.63) is 285 Å². The lowest BCUT2D eigenvalue weighted by Crippen LogP contribution is -2.01. The van der Waals surface area contributed by atoms with Gasteiger partial charge in [0, 0.05) is 44.5 Å². The van der Waals surface area contributed by atoms with Gasteiger partial charge in [-0.1, -0.05) is 255 Å². The van der Waals surface area contributed by atoms with Crippen LogP contribution in [0.15, 0.2) is 285 Å². The second-order valence-corrected chi connectivity index (χ2v) is 17.9. The molecule has 338 valence electrons. The summed E-state index contributed by atoms with van der Waals surface area (Å²) in [5.41, 5.74) is 22.0. The molecule has 0 bridgehead atoms. The summed E-state index contributed by atoms with van der Waals surface area (Å²) >= 11 is 0. The average Bonchev–Trinajstić information content (AvgIpc) is 3.48. The number of rotatable bonds is 11. The Balaban J connectivity index is 1.01. The molecule has 0 aliphatic heterocycles. The van der Waals surface area contributed by atoms with Crippen LogP contribution in [-0.4, -0.2) is 15.0 Å². The summed E-state index contributed by atoms with van der Waals surface area (Å²) in [6, 6.07) is 101. The zero-order valence-corrected chi connectivity index (χ0v) is 39.5. The van der Waals surface area contributed by atoms with E-state index in [1.54, 1.807) is 0 Å². The van der Waals surface area contributed by atoms with Crippen LogP contribution in [-0.2, 0) is 0 Å². The predicted octanol–water partition coefficient (Wildman–Crippen LogP) is 18.2. The van der Waals surface area contributed by atoms with Crippen molar-refractivity contribution in [1.29, 1.82) is 0 Å². The molecule has 0 atom stereocenters. The van der Waals surface area contributed by atoms with E-state index in [0.29, 0.717) is 5.82 Å². The molecule has 0 amide bonds. The van der Waals surface area contributed by atoms with Crippen molar-refractivity contribution in [3.8, 4) is 123 Å². The zero-order valence-electron chi connectivity index (χ0n) is 39.5. The standard InChI is InChI=1S/C69H47N3/c1-8-23-48(24-9-1)59-44-60(49-25-10-2-11-26-49)46-61(45-59)69-70-62(51-27-12-3-13-28-51)47-63(71-69)58-38-22-37-57(43-58)50-39-41-54(42-40-50)64-65(52-29-14-4-15-30-52)67(55-33-18-6-19-34-55)72-68(56-35-20-7-21-36-56)66(64)53-31-16-5-17-32-53/h1-47H. The van der Waals surface area contributed by atoms with E-state index >= 15 is 0 Å². The Kier molecular flexibility index (Phi) is 12.0. The first kappa shape index (κ1) is 43.7. The predicted molar refractivity (Wildman–Crippen MR) is 300 cm³/mol. The Hall–Kier alpha value is -9.57. The van der Waals surface area contributed by atoms with E-state index in [1.165, 1.54) is 0 Å². The lowest BCUT2D eigenvalue weighted by Gasteiger charge is -2.23. The van der Waals surface area contributed by atoms with Gasteiger partial charge in [0.1, 0.15) is 0 Å². The molecule has 3 heteroatoms. The fourth-order valence-corrected chi connectivity index (χ4v) is 9.78. The molecule has 0 aliphatic carbocycles. The van der Waals surface area contributed by atoms with Crippen LogP contribution >= 0.6 is 0 Å². The highest BCUT2D eigenvalue weighted by Crippen LogP contribution is 2.49. The van der Waals surface area contributed by atoms with Crippen LogP contribution in [0, 0.1) is 0 Å². The quantitative estimate of drug-likeness (QED) is 0.130. The average molecular weight is 918 g/mol. The lowest BCUT2D eigenvalue weighted by molar-refractivity contribution is 1.18. The largest absolute Gasteiger partial charge is 0.246 e. The van der Waals surface area contributed by atoms with Gasteiger partial charge in [-0.2, -0.15) is 0 Å². The van der Waals surface area contributed by atoms with E-state index in [0.717, 1.165) is 117 Å². The summed E-state index contributed by atoms with van der Waals surface area (Å²) in [4.78, 5) is 16.3. The molecule has 12 aromatic rings. The van der Waals surface area contributed by atoms with E-state index in [2.05, 4.69) is 279 Å². The van der Waals surface area contributed by atoms with E-state index in [1.807, 2.05) is 6.07 Å². The second-order valence-electron chi connectivity index (χ2n) is 17.9. The molecule has 0 saturated carbocycles. The maximum absolute atomic E-state index is 5.63. The van der Waals surface area contributed by atoms with E-state index in [4.69, 9.17) is 15.0 Å². The molecule has 0 spiro atoms. The molecule has 2 aromatic heterocycles. The van der Waals surface area contributed by atoms with Gasteiger partial charge in [0.05, 0.1) is 22.8 Å². The third-order valence-electron chi connectivity index (χ3n) is 13.3. The van der Waals surface area contributed by atoms with Gasteiger partial charge in [-0.25, -0.2) is 15.0 Å². The van der Waals surface area contributed by atoms with Gasteiger partial charge in [-0.05, 0) is 80.4 Å². The number of hydrogen-bond donors (Lipinski definition) is 0. The van der Waals surface area contributed by atoms with Crippen LogP contribution in [0.25, 0.3) is 123 Å². The van der Waals surface area contributed by atoms with Crippen LogP contribution in [0.4, 0.5) is 0 Å². The topological polar surface area (TPSA) is 38.7 Å². The van der Waals surface area contributed by atoms with E-state index in [-0.39, 0.29) is 0 Å². The lowest BCUT2D eigenvalue weighted by atomic mass is 9.83. The minimum atomic E-state index is 0.668. The molecule has 2 heterocycles. The molecule has 0 radical (unpaired) electrons. The highest BCUT2D eigenvalue weighted by atomic mass is 14.9. The molecule has 0 saturated heterocycles. The van der Waals surface area contributed by atoms with Crippen LogP contribution in [0.3, 0.4) is 0 Å². The molecular weight excluding hydrogens is 871 g/mol. The van der Waals surface area contributed by atoms with Crippen LogP contribution < -0.4 is 0 Å².